The van der Waals surface area contributed by atoms with Gasteiger partial charge >= 0.3 is 0 Å². The zero-order chi connectivity index (χ0) is 19.1. The molecule has 0 radical (unpaired) electrons. The highest BCUT2D eigenvalue weighted by atomic mass is 32.1. The minimum atomic E-state index is -0.120. The van der Waals surface area contributed by atoms with Crippen LogP contribution in [0.4, 0.5) is 5.69 Å². The van der Waals surface area contributed by atoms with E-state index in [0.717, 1.165) is 48.5 Å². The van der Waals surface area contributed by atoms with E-state index in [1.807, 2.05) is 19.1 Å². The van der Waals surface area contributed by atoms with Gasteiger partial charge in [0.1, 0.15) is 5.75 Å². The van der Waals surface area contributed by atoms with Crippen molar-refractivity contribution in [2.24, 2.45) is 23.2 Å². The summed E-state index contributed by atoms with van der Waals surface area (Å²) in [7, 11) is 0. The average Bonchev–Trinajstić information content (AvgIpc) is 3.19. The third-order valence-corrected chi connectivity index (χ3v) is 7.95. The summed E-state index contributed by atoms with van der Waals surface area (Å²) in [4.78, 5) is 17.3. The van der Waals surface area contributed by atoms with Crippen LogP contribution in [0.1, 0.15) is 50.3 Å². The number of hydrogen-bond acceptors (Lipinski definition) is 3. The Bertz CT molecular complexity index is 792. The second kappa shape index (κ2) is 7.22. The normalized spacial score (nSPS) is 30.4. The molecule has 2 aromatic rings. The fourth-order valence-electron chi connectivity index (χ4n) is 6.39. The second-order valence-electron chi connectivity index (χ2n) is 9.10. The third-order valence-electron chi connectivity index (χ3n) is 7.09. The quantitative estimate of drug-likeness (QED) is 0.610. The van der Waals surface area contributed by atoms with Crippen LogP contribution in [0.5, 0.6) is 5.75 Å². The lowest BCUT2D eigenvalue weighted by molar-refractivity contribution is -0.143. The van der Waals surface area contributed by atoms with E-state index in [9.17, 15) is 4.79 Å². The van der Waals surface area contributed by atoms with Crippen LogP contribution < -0.4 is 9.64 Å². The van der Waals surface area contributed by atoms with Crippen molar-refractivity contribution in [3.63, 3.8) is 0 Å². The molecule has 0 N–H and O–H groups in total. The Balaban J connectivity index is 1.46. The Kier molecular flexibility index (Phi) is 4.70. The summed E-state index contributed by atoms with van der Waals surface area (Å²) in [6.45, 7) is 3.32. The lowest BCUT2D eigenvalue weighted by Crippen LogP contribution is -2.54. The molecule has 4 aliphatic carbocycles. The van der Waals surface area contributed by atoms with Gasteiger partial charge in [-0.05, 0) is 98.9 Å². The number of thiophene rings is 1. The summed E-state index contributed by atoms with van der Waals surface area (Å²) in [6.07, 6.45) is 7.41. The molecule has 0 atom stereocenters. The predicted molar refractivity (Wildman–Crippen MR) is 114 cm³/mol. The largest absolute Gasteiger partial charge is 0.494 e. The Labute approximate surface area is 171 Å². The number of carbonyl (C=O) groups is 1. The summed E-state index contributed by atoms with van der Waals surface area (Å²) < 4.78 is 5.61. The van der Waals surface area contributed by atoms with Crippen molar-refractivity contribution in [2.45, 2.75) is 52.0 Å². The van der Waals surface area contributed by atoms with Gasteiger partial charge < -0.3 is 9.64 Å². The van der Waals surface area contributed by atoms with Gasteiger partial charge in [0.2, 0.25) is 5.91 Å². The van der Waals surface area contributed by atoms with Gasteiger partial charge in [0.15, 0.2) is 0 Å². The van der Waals surface area contributed by atoms with Gasteiger partial charge in [0.05, 0.1) is 18.6 Å². The molecule has 1 aromatic heterocycles. The first-order chi connectivity index (χ1) is 13.6. The highest BCUT2D eigenvalue weighted by Gasteiger charge is 2.55. The number of ether oxygens (including phenoxy) is 1. The van der Waals surface area contributed by atoms with Gasteiger partial charge in [0.25, 0.3) is 0 Å². The van der Waals surface area contributed by atoms with Crippen LogP contribution in [0.15, 0.2) is 41.8 Å². The Morgan fingerprint density at radius 3 is 2.25 bits per heavy atom. The summed E-state index contributed by atoms with van der Waals surface area (Å²) >= 11 is 1.73. The summed E-state index contributed by atoms with van der Waals surface area (Å²) in [5.41, 5.74) is 0.877. The number of amides is 1. The molecule has 0 spiro atoms. The standard InChI is InChI=1S/C24H29NO2S/c1-2-27-21-7-5-20(6-8-21)25(16-22-4-3-9-28-22)23(26)24-13-17-10-18(14-24)12-19(11-17)15-24/h3-9,17-19H,2,10-16H2,1H3. The van der Waals surface area contributed by atoms with Crippen molar-refractivity contribution < 1.29 is 9.53 Å². The van der Waals surface area contributed by atoms with Crippen molar-refractivity contribution in [1.29, 1.82) is 0 Å². The molecule has 0 unspecified atom stereocenters. The Morgan fingerprint density at radius 2 is 1.71 bits per heavy atom. The highest BCUT2D eigenvalue weighted by molar-refractivity contribution is 7.09. The molecular weight excluding hydrogens is 366 g/mol. The number of nitrogens with zero attached hydrogens (tertiary/aromatic N) is 1. The molecule has 1 heterocycles. The molecule has 4 bridgehead atoms. The van der Waals surface area contributed by atoms with Crippen LogP contribution in [0.25, 0.3) is 0 Å². The van der Waals surface area contributed by atoms with Crippen LogP contribution in [0.3, 0.4) is 0 Å². The Hall–Kier alpha value is -1.81. The second-order valence-corrected chi connectivity index (χ2v) is 10.1. The molecule has 3 nitrogen and oxygen atoms in total. The number of benzene rings is 1. The van der Waals surface area contributed by atoms with E-state index in [4.69, 9.17) is 4.74 Å². The molecule has 1 amide bonds. The smallest absolute Gasteiger partial charge is 0.233 e. The van der Waals surface area contributed by atoms with Crippen molar-refractivity contribution in [1.82, 2.24) is 0 Å². The molecule has 28 heavy (non-hydrogen) atoms. The van der Waals surface area contributed by atoms with Gasteiger partial charge in [-0.3, -0.25) is 4.79 Å². The highest BCUT2D eigenvalue weighted by Crippen LogP contribution is 2.60. The number of anilines is 1. The third kappa shape index (κ3) is 3.26. The van der Waals surface area contributed by atoms with E-state index >= 15 is 0 Å². The first kappa shape index (κ1) is 18.2. The van der Waals surface area contributed by atoms with Crippen LogP contribution in [-0.2, 0) is 11.3 Å². The first-order valence-corrected chi connectivity index (χ1v) is 11.6. The molecule has 4 heteroatoms. The fourth-order valence-corrected chi connectivity index (χ4v) is 7.08. The summed E-state index contributed by atoms with van der Waals surface area (Å²) in [5.74, 6) is 3.56. The molecule has 1 aromatic carbocycles. The SMILES string of the molecule is CCOc1ccc(N(Cc2cccs2)C(=O)C23CC4CC(CC(C4)C2)C3)cc1. The van der Waals surface area contributed by atoms with Crippen LogP contribution >= 0.6 is 11.3 Å². The molecule has 4 saturated carbocycles. The number of hydrogen-bond donors (Lipinski definition) is 0. The van der Waals surface area contributed by atoms with Crippen LogP contribution in [0, 0.1) is 23.2 Å². The molecule has 0 aliphatic heterocycles. The zero-order valence-corrected chi connectivity index (χ0v) is 17.4. The fraction of sp³-hybridized carbons (Fsp3) is 0.542. The van der Waals surface area contributed by atoms with Gasteiger partial charge in [-0.2, -0.15) is 0 Å². The number of rotatable bonds is 6. The number of carbonyl (C=O) groups excluding carboxylic acids is 1. The minimum Gasteiger partial charge on any atom is -0.494 e. The van der Waals surface area contributed by atoms with E-state index in [1.165, 1.54) is 24.1 Å². The van der Waals surface area contributed by atoms with Crippen LogP contribution in [0.2, 0.25) is 0 Å². The molecule has 4 aliphatic rings. The lowest BCUT2D eigenvalue weighted by Gasteiger charge is -2.56. The van der Waals surface area contributed by atoms with Crippen molar-refractivity contribution in [3.05, 3.63) is 46.7 Å². The molecule has 4 fully saturated rings. The maximum atomic E-state index is 14.0. The van der Waals surface area contributed by atoms with E-state index in [2.05, 4.69) is 34.5 Å². The average molecular weight is 396 g/mol. The van der Waals surface area contributed by atoms with Gasteiger partial charge in [0, 0.05) is 10.6 Å². The van der Waals surface area contributed by atoms with Gasteiger partial charge in [-0.25, -0.2) is 0 Å². The molecule has 0 saturated heterocycles. The summed E-state index contributed by atoms with van der Waals surface area (Å²) in [5, 5.41) is 2.10. The van der Waals surface area contributed by atoms with Crippen molar-refractivity contribution in [2.75, 3.05) is 11.5 Å². The van der Waals surface area contributed by atoms with Crippen molar-refractivity contribution >= 4 is 22.9 Å². The maximum Gasteiger partial charge on any atom is 0.233 e. The lowest BCUT2D eigenvalue weighted by atomic mass is 9.49. The van der Waals surface area contributed by atoms with Crippen molar-refractivity contribution in [3.8, 4) is 5.75 Å². The molecule has 148 valence electrons. The Morgan fingerprint density at radius 1 is 1.07 bits per heavy atom. The van der Waals surface area contributed by atoms with Gasteiger partial charge in [-0.15, -0.1) is 11.3 Å². The monoisotopic (exact) mass is 395 g/mol. The van der Waals surface area contributed by atoms with E-state index < -0.39 is 0 Å². The predicted octanol–water partition coefficient (Wildman–Crippen LogP) is 5.90. The van der Waals surface area contributed by atoms with Crippen LogP contribution in [-0.4, -0.2) is 12.5 Å². The summed E-state index contributed by atoms with van der Waals surface area (Å²) in [6, 6.07) is 12.3. The van der Waals surface area contributed by atoms with Gasteiger partial charge in [-0.1, -0.05) is 6.07 Å². The zero-order valence-electron chi connectivity index (χ0n) is 16.6. The first-order valence-electron chi connectivity index (χ1n) is 10.7. The van der Waals surface area contributed by atoms with E-state index in [-0.39, 0.29) is 5.41 Å². The topological polar surface area (TPSA) is 29.5 Å². The van der Waals surface area contributed by atoms with E-state index in [0.29, 0.717) is 19.1 Å². The maximum absolute atomic E-state index is 14.0. The molecular formula is C24H29NO2S. The molecule has 6 rings (SSSR count). The minimum absolute atomic E-state index is 0.120. The van der Waals surface area contributed by atoms with E-state index in [1.54, 1.807) is 11.3 Å².